The van der Waals surface area contributed by atoms with Gasteiger partial charge in [0.15, 0.2) is 11.6 Å². The Bertz CT molecular complexity index is 900. The summed E-state index contributed by atoms with van der Waals surface area (Å²) >= 11 is 0. The van der Waals surface area contributed by atoms with Gasteiger partial charge >= 0.3 is 0 Å². The standard InChI is InChI=1S/C8H8F2N4O.C7H8O3S/c9-6-2-1-5(3-7(6)10)4-12-13-8(11)14-15;1-6-2-4-7(5-3-6)11(8,9)10/h1-4,15H,(H3,11,13,14);2-5H,1H3,(H,8,9,10)/b12-4+;. The number of halogens is 2. The highest BCUT2D eigenvalue weighted by atomic mass is 32.2. The lowest BCUT2D eigenvalue weighted by atomic mass is 10.2. The van der Waals surface area contributed by atoms with E-state index in [9.17, 15) is 17.2 Å². The first-order chi connectivity index (χ1) is 12.1. The molecule has 0 aromatic heterocycles. The van der Waals surface area contributed by atoms with Crippen molar-refractivity contribution in [2.45, 2.75) is 11.8 Å². The van der Waals surface area contributed by atoms with E-state index in [0.29, 0.717) is 5.56 Å². The van der Waals surface area contributed by atoms with Crippen molar-refractivity contribution in [3.8, 4) is 0 Å². The molecule has 8 nitrogen and oxygen atoms in total. The normalized spacial score (nSPS) is 11.8. The molecule has 5 N–H and O–H groups in total. The van der Waals surface area contributed by atoms with Crippen molar-refractivity contribution in [2.24, 2.45) is 15.9 Å². The number of hydrogen-bond acceptors (Lipinski definition) is 5. The van der Waals surface area contributed by atoms with Gasteiger partial charge in [0, 0.05) is 0 Å². The molecule has 0 fully saturated rings. The van der Waals surface area contributed by atoms with Crippen LogP contribution in [-0.2, 0) is 10.1 Å². The van der Waals surface area contributed by atoms with Crippen molar-refractivity contribution in [3.05, 3.63) is 65.2 Å². The number of aryl methyl sites for hydroxylation is 1. The molecule has 0 unspecified atom stereocenters. The predicted octanol–water partition coefficient (Wildman–Crippen LogP) is 1.83. The van der Waals surface area contributed by atoms with Crippen molar-refractivity contribution in [3.63, 3.8) is 0 Å². The molecule has 2 rings (SSSR count). The van der Waals surface area contributed by atoms with Crippen LogP contribution < -0.4 is 11.2 Å². The van der Waals surface area contributed by atoms with Crippen LogP contribution in [-0.4, -0.2) is 30.4 Å². The fourth-order valence-corrected chi connectivity index (χ4v) is 1.96. The van der Waals surface area contributed by atoms with Gasteiger partial charge in [-0.2, -0.15) is 13.5 Å². The van der Waals surface area contributed by atoms with Gasteiger partial charge in [0.25, 0.3) is 10.1 Å². The van der Waals surface area contributed by atoms with E-state index in [1.807, 2.05) is 6.92 Å². The summed E-state index contributed by atoms with van der Waals surface area (Å²) in [6.07, 6.45) is 1.16. The Hall–Kier alpha value is -2.89. The van der Waals surface area contributed by atoms with Gasteiger partial charge in [0.1, 0.15) is 0 Å². The lowest BCUT2D eigenvalue weighted by Crippen LogP contribution is -2.27. The van der Waals surface area contributed by atoms with Gasteiger partial charge in [0.05, 0.1) is 11.1 Å². The Balaban J connectivity index is 0.000000273. The molecule has 0 spiro atoms. The van der Waals surface area contributed by atoms with Crippen LogP contribution in [0.15, 0.2) is 57.6 Å². The first-order valence-corrected chi connectivity index (χ1v) is 8.33. The van der Waals surface area contributed by atoms with E-state index in [4.69, 9.17) is 15.5 Å². The third-order valence-corrected chi connectivity index (χ3v) is 3.62. The zero-order valence-corrected chi connectivity index (χ0v) is 14.3. The maximum Gasteiger partial charge on any atom is 0.294 e. The first kappa shape index (κ1) is 21.2. The minimum absolute atomic E-state index is 0.0666. The average molecular weight is 386 g/mol. The van der Waals surface area contributed by atoms with Gasteiger partial charge in [-0.05, 0) is 36.8 Å². The molecule has 26 heavy (non-hydrogen) atoms. The molecule has 0 amide bonds. The monoisotopic (exact) mass is 386 g/mol. The summed E-state index contributed by atoms with van der Waals surface area (Å²) < 4.78 is 54.7. The van der Waals surface area contributed by atoms with Gasteiger partial charge in [-0.15, -0.1) is 5.10 Å². The van der Waals surface area contributed by atoms with Gasteiger partial charge in [-0.1, -0.05) is 23.8 Å². The van der Waals surface area contributed by atoms with E-state index in [-0.39, 0.29) is 10.9 Å². The summed E-state index contributed by atoms with van der Waals surface area (Å²) in [5.74, 6) is -2.22. The average Bonchev–Trinajstić information content (AvgIpc) is 2.58. The highest BCUT2D eigenvalue weighted by molar-refractivity contribution is 7.85. The Morgan fingerprint density at radius 2 is 1.77 bits per heavy atom. The zero-order valence-electron chi connectivity index (χ0n) is 13.5. The van der Waals surface area contributed by atoms with E-state index >= 15 is 0 Å². The summed E-state index contributed by atoms with van der Waals surface area (Å²) in [4.78, 5) is -0.0666. The number of nitrogens with one attached hydrogen (secondary N) is 1. The quantitative estimate of drug-likeness (QED) is 0.275. The number of nitrogens with two attached hydrogens (primary N) is 1. The van der Waals surface area contributed by atoms with Crippen molar-refractivity contribution in [1.82, 2.24) is 5.48 Å². The molecular formula is C15H16F2N4O4S. The Labute approximate surface area is 148 Å². The SMILES string of the molecule is Cc1ccc(S(=O)(=O)O)cc1.N/C(=N\N=C\c1ccc(F)c(F)c1)NO. The minimum atomic E-state index is -4.02. The molecule has 0 heterocycles. The van der Waals surface area contributed by atoms with Crippen molar-refractivity contribution in [2.75, 3.05) is 0 Å². The number of guanidine groups is 1. The summed E-state index contributed by atoms with van der Waals surface area (Å²) in [7, 11) is -4.02. The molecule has 11 heteroatoms. The number of hydrogen-bond donors (Lipinski definition) is 4. The van der Waals surface area contributed by atoms with Gasteiger partial charge < -0.3 is 5.73 Å². The zero-order chi connectivity index (χ0) is 19.7. The van der Waals surface area contributed by atoms with Crippen molar-refractivity contribution in [1.29, 1.82) is 0 Å². The third-order valence-electron chi connectivity index (χ3n) is 2.75. The molecule has 0 atom stereocenters. The molecule has 0 aliphatic rings. The summed E-state index contributed by atoms with van der Waals surface area (Å²) in [6, 6.07) is 9.23. The second-order valence-electron chi connectivity index (χ2n) is 4.80. The lowest BCUT2D eigenvalue weighted by molar-refractivity contribution is 0.232. The molecule has 2 aromatic carbocycles. The molecule has 0 saturated carbocycles. The molecule has 0 aliphatic heterocycles. The molecular weight excluding hydrogens is 370 g/mol. The Morgan fingerprint density at radius 3 is 2.27 bits per heavy atom. The van der Waals surface area contributed by atoms with Gasteiger partial charge in [0.2, 0.25) is 5.96 Å². The maximum atomic E-state index is 12.7. The summed E-state index contributed by atoms with van der Waals surface area (Å²) in [5, 5.41) is 14.9. The van der Waals surface area contributed by atoms with Crippen LogP contribution in [0.4, 0.5) is 8.78 Å². The summed E-state index contributed by atoms with van der Waals surface area (Å²) in [5.41, 5.74) is 7.86. The topological polar surface area (TPSA) is 137 Å². The fourth-order valence-electron chi connectivity index (χ4n) is 1.48. The fraction of sp³-hybridized carbons (Fsp3) is 0.0667. The molecule has 140 valence electrons. The molecule has 0 aliphatic carbocycles. The Kier molecular flexibility index (Phi) is 7.77. The predicted molar refractivity (Wildman–Crippen MR) is 91.5 cm³/mol. The molecule has 2 aromatic rings. The molecule has 0 saturated heterocycles. The van der Waals surface area contributed by atoms with Crippen LogP contribution >= 0.6 is 0 Å². The van der Waals surface area contributed by atoms with E-state index in [1.165, 1.54) is 18.2 Å². The van der Waals surface area contributed by atoms with Gasteiger partial charge in [-0.3, -0.25) is 9.76 Å². The largest absolute Gasteiger partial charge is 0.367 e. The highest BCUT2D eigenvalue weighted by Crippen LogP contribution is 2.08. The second kappa shape index (κ2) is 9.56. The Morgan fingerprint density at radius 1 is 1.15 bits per heavy atom. The van der Waals surface area contributed by atoms with Crippen LogP contribution in [0, 0.1) is 18.6 Å². The highest BCUT2D eigenvalue weighted by Gasteiger charge is 2.06. The number of rotatable bonds is 3. The molecule has 0 bridgehead atoms. The van der Waals surface area contributed by atoms with Crippen LogP contribution in [0.5, 0.6) is 0 Å². The van der Waals surface area contributed by atoms with Crippen LogP contribution in [0.2, 0.25) is 0 Å². The first-order valence-electron chi connectivity index (χ1n) is 6.89. The van der Waals surface area contributed by atoms with Crippen LogP contribution in [0.1, 0.15) is 11.1 Å². The molecule has 0 radical (unpaired) electrons. The van der Waals surface area contributed by atoms with E-state index in [1.54, 1.807) is 17.6 Å². The maximum absolute atomic E-state index is 12.7. The van der Waals surface area contributed by atoms with Gasteiger partial charge in [-0.25, -0.2) is 14.3 Å². The summed E-state index contributed by atoms with van der Waals surface area (Å²) in [6.45, 7) is 1.84. The number of benzene rings is 2. The third kappa shape index (κ3) is 7.34. The lowest BCUT2D eigenvalue weighted by Gasteiger charge is -1.95. The van der Waals surface area contributed by atoms with E-state index in [2.05, 4.69) is 10.2 Å². The smallest absolute Gasteiger partial charge is 0.294 e. The van der Waals surface area contributed by atoms with Crippen molar-refractivity contribution >= 4 is 22.3 Å². The van der Waals surface area contributed by atoms with E-state index in [0.717, 1.165) is 23.9 Å². The van der Waals surface area contributed by atoms with Crippen molar-refractivity contribution < 1.29 is 27.0 Å². The second-order valence-corrected chi connectivity index (χ2v) is 6.22. The minimum Gasteiger partial charge on any atom is -0.367 e. The van der Waals surface area contributed by atoms with Crippen LogP contribution in [0.3, 0.4) is 0 Å². The number of nitrogens with zero attached hydrogens (tertiary/aromatic N) is 2. The number of hydroxylamine groups is 1. The van der Waals surface area contributed by atoms with E-state index < -0.39 is 21.8 Å². The van der Waals surface area contributed by atoms with Crippen LogP contribution in [0.25, 0.3) is 0 Å².